The van der Waals surface area contributed by atoms with Gasteiger partial charge in [0.1, 0.15) is 16.9 Å². The molecule has 186 valence electrons. The predicted molar refractivity (Wildman–Crippen MR) is 144 cm³/mol. The van der Waals surface area contributed by atoms with Crippen molar-refractivity contribution >= 4 is 22.6 Å². The molecule has 6 nitrogen and oxygen atoms in total. The van der Waals surface area contributed by atoms with Gasteiger partial charge in [-0.05, 0) is 54.5 Å². The normalized spacial score (nSPS) is 14.3. The maximum absolute atomic E-state index is 13.1. The molecule has 2 N–H and O–H groups in total. The predicted octanol–water partition coefficient (Wildman–Crippen LogP) is 7.35. The SMILES string of the molecule is Cc1cc(CC(=O)c2cccc(Oc3ccnc4[nH]nc(NC5CCCCC5)c34)c2)ccc1C(C)C. The maximum atomic E-state index is 13.1. The van der Waals surface area contributed by atoms with Crippen molar-refractivity contribution in [1.29, 1.82) is 0 Å². The van der Waals surface area contributed by atoms with Gasteiger partial charge in [-0.3, -0.25) is 9.89 Å². The number of carbonyl (C=O) groups is 1. The van der Waals surface area contributed by atoms with Crippen LogP contribution in [0.4, 0.5) is 5.82 Å². The number of aromatic nitrogens is 3. The zero-order chi connectivity index (χ0) is 25.1. The third-order valence-corrected chi connectivity index (χ3v) is 7.07. The number of hydrogen-bond donors (Lipinski definition) is 2. The molecule has 2 aromatic carbocycles. The van der Waals surface area contributed by atoms with Gasteiger partial charge in [-0.2, -0.15) is 5.10 Å². The number of pyridine rings is 1. The number of carbonyl (C=O) groups excluding carboxylic acids is 1. The highest BCUT2D eigenvalue weighted by Gasteiger charge is 2.19. The Kier molecular flexibility index (Phi) is 7.03. The zero-order valence-corrected chi connectivity index (χ0v) is 21.3. The van der Waals surface area contributed by atoms with Crippen molar-refractivity contribution in [3.63, 3.8) is 0 Å². The van der Waals surface area contributed by atoms with Crippen LogP contribution in [0.2, 0.25) is 0 Å². The molecule has 1 fully saturated rings. The highest BCUT2D eigenvalue weighted by molar-refractivity contribution is 5.98. The average Bonchev–Trinajstić information content (AvgIpc) is 3.28. The molecule has 1 aliphatic carbocycles. The van der Waals surface area contributed by atoms with Crippen molar-refractivity contribution < 1.29 is 9.53 Å². The number of benzene rings is 2. The number of hydrogen-bond acceptors (Lipinski definition) is 5. The van der Waals surface area contributed by atoms with E-state index < -0.39 is 0 Å². The average molecular weight is 483 g/mol. The minimum Gasteiger partial charge on any atom is -0.456 e. The highest BCUT2D eigenvalue weighted by Crippen LogP contribution is 2.34. The van der Waals surface area contributed by atoms with Crippen LogP contribution in [0.1, 0.15) is 78.9 Å². The largest absolute Gasteiger partial charge is 0.456 e. The number of ether oxygens (including phenoxy) is 1. The third-order valence-electron chi connectivity index (χ3n) is 7.07. The summed E-state index contributed by atoms with van der Waals surface area (Å²) in [6, 6.07) is 16.0. The fourth-order valence-corrected chi connectivity index (χ4v) is 5.20. The van der Waals surface area contributed by atoms with E-state index in [4.69, 9.17) is 4.74 Å². The van der Waals surface area contributed by atoms with E-state index in [1.54, 1.807) is 6.20 Å². The Balaban J connectivity index is 1.34. The van der Waals surface area contributed by atoms with Crippen LogP contribution in [0.15, 0.2) is 54.7 Å². The van der Waals surface area contributed by atoms with Gasteiger partial charge >= 0.3 is 0 Å². The van der Waals surface area contributed by atoms with Crippen molar-refractivity contribution in [3.05, 3.63) is 77.0 Å². The van der Waals surface area contributed by atoms with Gasteiger partial charge in [0.25, 0.3) is 0 Å². The lowest BCUT2D eigenvalue weighted by molar-refractivity contribution is 0.0992. The van der Waals surface area contributed by atoms with Gasteiger partial charge in [0.2, 0.25) is 0 Å². The smallest absolute Gasteiger partial charge is 0.167 e. The molecule has 2 heterocycles. The fourth-order valence-electron chi connectivity index (χ4n) is 5.20. The number of aromatic amines is 1. The lowest BCUT2D eigenvalue weighted by atomic mass is 9.94. The molecule has 1 saturated carbocycles. The zero-order valence-electron chi connectivity index (χ0n) is 21.3. The molecular weight excluding hydrogens is 448 g/mol. The Hall–Kier alpha value is -3.67. The van der Waals surface area contributed by atoms with Crippen LogP contribution in [0.25, 0.3) is 11.0 Å². The summed E-state index contributed by atoms with van der Waals surface area (Å²) in [5, 5.41) is 11.9. The second kappa shape index (κ2) is 10.5. The summed E-state index contributed by atoms with van der Waals surface area (Å²) in [6.45, 7) is 6.49. The summed E-state index contributed by atoms with van der Waals surface area (Å²) < 4.78 is 6.29. The molecule has 4 aromatic rings. The number of nitrogens with one attached hydrogen (secondary N) is 2. The Morgan fingerprint density at radius 1 is 1.11 bits per heavy atom. The van der Waals surface area contributed by atoms with Crippen LogP contribution in [-0.2, 0) is 6.42 Å². The molecule has 0 unspecified atom stereocenters. The summed E-state index contributed by atoms with van der Waals surface area (Å²) in [5.41, 5.74) is 4.89. The topological polar surface area (TPSA) is 79.9 Å². The lowest BCUT2D eigenvalue weighted by Crippen LogP contribution is -2.22. The van der Waals surface area contributed by atoms with Crippen LogP contribution < -0.4 is 10.1 Å². The van der Waals surface area contributed by atoms with Crippen LogP contribution in [0.5, 0.6) is 11.5 Å². The number of aryl methyl sites for hydroxylation is 1. The van der Waals surface area contributed by atoms with Crippen molar-refractivity contribution in [1.82, 2.24) is 15.2 Å². The molecule has 0 radical (unpaired) electrons. The fraction of sp³-hybridized carbons (Fsp3) is 0.367. The first-order valence-corrected chi connectivity index (χ1v) is 13.0. The van der Waals surface area contributed by atoms with Crippen molar-refractivity contribution in [2.45, 2.75) is 71.3 Å². The van der Waals surface area contributed by atoms with Gasteiger partial charge in [0, 0.05) is 30.3 Å². The lowest BCUT2D eigenvalue weighted by Gasteiger charge is -2.22. The summed E-state index contributed by atoms with van der Waals surface area (Å²) in [6.07, 6.45) is 8.14. The molecule has 2 aromatic heterocycles. The van der Waals surface area contributed by atoms with Gasteiger partial charge < -0.3 is 10.1 Å². The molecule has 36 heavy (non-hydrogen) atoms. The molecule has 6 heteroatoms. The Labute approximate surface area is 212 Å². The number of H-pyrrole nitrogens is 1. The molecule has 1 aliphatic rings. The number of Topliss-reactive ketones (excluding diaryl/α,β-unsaturated/α-hetero) is 1. The van der Waals surface area contributed by atoms with Crippen LogP contribution in [0, 0.1) is 6.92 Å². The van der Waals surface area contributed by atoms with E-state index in [9.17, 15) is 4.79 Å². The first-order valence-electron chi connectivity index (χ1n) is 13.0. The van der Waals surface area contributed by atoms with Crippen molar-refractivity contribution in [2.75, 3.05) is 5.32 Å². The van der Waals surface area contributed by atoms with E-state index in [1.165, 1.54) is 30.4 Å². The first-order chi connectivity index (χ1) is 17.5. The van der Waals surface area contributed by atoms with E-state index in [2.05, 4.69) is 59.5 Å². The molecule has 0 amide bonds. The van der Waals surface area contributed by atoms with Crippen molar-refractivity contribution in [3.8, 4) is 11.5 Å². The molecule has 0 saturated heterocycles. The van der Waals surface area contributed by atoms with Gasteiger partial charge in [-0.1, -0.05) is 63.4 Å². The monoisotopic (exact) mass is 482 g/mol. The number of rotatable bonds is 8. The van der Waals surface area contributed by atoms with Gasteiger partial charge in [0.05, 0.1) is 0 Å². The van der Waals surface area contributed by atoms with Gasteiger partial charge in [-0.15, -0.1) is 0 Å². The minimum atomic E-state index is 0.0694. The number of anilines is 1. The van der Waals surface area contributed by atoms with E-state index in [-0.39, 0.29) is 5.78 Å². The number of nitrogens with zero attached hydrogens (tertiary/aromatic N) is 2. The second-order valence-electron chi connectivity index (χ2n) is 10.2. The number of fused-ring (bicyclic) bond motifs is 1. The van der Waals surface area contributed by atoms with Crippen LogP contribution in [0.3, 0.4) is 0 Å². The second-order valence-corrected chi connectivity index (χ2v) is 10.2. The summed E-state index contributed by atoms with van der Waals surface area (Å²) in [7, 11) is 0. The van der Waals surface area contributed by atoms with E-state index in [0.29, 0.717) is 41.1 Å². The molecule has 0 atom stereocenters. The molecule has 5 rings (SSSR count). The van der Waals surface area contributed by atoms with Crippen LogP contribution in [-0.4, -0.2) is 27.0 Å². The Morgan fingerprint density at radius 2 is 1.94 bits per heavy atom. The summed E-state index contributed by atoms with van der Waals surface area (Å²) >= 11 is 0. The van der Waals surface area contributed by atoms with E-state index >= 15 is 0 Å². The molecular formula is C30H34N4O2. The third kappa shape index (κ3) is 5.27. The Morgan fingerprint density at radius 3 is 2.72 bits per heavy atom. The number of ketones is 1. The van der Waals surface area contributed by atoms with E-state index in [0.717, 1.165) is 29.6 Å². The first kappa shape index (κ1) is 24.0. The van der Waals surface area contributed by atoms with Crippen LogP contribution >= 0.6 is 0 Å². The standard InChI is InChI=1S/C30H34N4O2/c1-19(2)25-13-12-21(16-20(25)3)17-26(35)22-8-7-11-24(18-22)36-27-14-15-31-29-28(27)30(34-33-29)32-23-9-5-4-6-10-23/h7-8,11-16,18-19,23H,4-6,9-10,17H2,1-3H3,(H2,31,32,33,34). The molecule has 0 aliphatic heterocycles. The van der Waals surface area contributed by atoms with Gasteiger partial charge in [0.15, 0.2) is 17.2 Å². The molecule has 0 bridgehead atoms. The molecule has 0 spiro atoms. The van der Waals surface area contributed by atoms with Gasteiger partial charge in [-0.25, -0.2) is 4.98 Å². The van der Waals surface area contributed by atoms with Crippen molar-refractivity contribution in [2.24, 2.45) is 0 Å². The maximum Gasteiger partial charge on any atom is 0.167 e. The summed E-state index contributed by atoms with van der Waals surface area (Å²) in [4.78, 5) is 17.5. The minimum absolute atomic E-state index is 0.0694. The highest BCUT2D eigenvalue weighted by atomic mass is 16.5. The summed E-state index contributed by atoms with van der Waals surface area (Å²) in [5.74, 6) is 2.59. The Bertz CT molecular complexity index is 1370. The quantitative estimate of drug-likeness (QED) is 0.257. The van der Waals surface area contributed by atoms with E-state index in [1.807, 2.05) is 30.3 Å².